The van der Waals surface area contributed by atoms with Crippen LogP contribution in [0.2, 0.25) is 0 Å². The van der Waals surface area contributed by atoms with Crippen molar-refractivity contribution in [3.63, 3.8) is 0 Å². The second kappa shape index (κ2) is 5.48. The molecule has 0 aliphatic rings. The van der Waals surface area contributed by atoms with Crippen LogP contribution in [0, 0.1) is 13.8 Å². The van der Waals surface area contributed by atoms with Gasteiger partial charge in [0.25, 0.3) is 0 Å². The van der Waals surface area contributed by atoms with Crippen molar-refractivity contribution in [1.82, 2.24) is 0 Å². The van der Waals surface area contributed by atoms with Gasteiger partial charge in [-0.25, -0.2) is 9.18 Å². The standard InChI is InChI=1S/C14H19FO3/c1-5-18-13(16)12(15)14(4,17)11-7-9(2)6-10(3)8-11/h6-8,12,17H,5H2,1-4H3. The summed E-state index contributed by atoms with van der Waals surface area (Å²) in [6, 6.07) is 5.24. The molecule has 0 aliphatic heterocycles. The van der Waals surface area contributed by atoms with Gasteiger partial charge in [-0.1, -0.05) is 29.3 Å². The van der Waals surface area contributed by atoms with Gasteiger partial charge in [0.05, 0.1) is 6.61 Å². The van der Waals surface area contributed by atoms with E-state index in [0.29, 0.717) is 5.56 Å². The molecule has 100 valence electrons. The number of hydrogen-bond acceptors (Lipinski definition) is 3. The number of alkyl halides is 1. The first kappa shape index (κ1) is 14.6. The molecule has 0 saturated carbocycles. The number of hydrogen-bond donors (Lipinski definition) is 1. The molecule has 1 aromatic rings. The predicted octanol–water partition coefficient (Wildman–Crippen LogP) is 2.41. The fourth-order valence-electron chi connectivity index (χ4n) is 1.86. The van der Waals surface area contributed by atoms with Gasteiger partial charge < -0.3 is 9.84 Å². The number of rotatable bonds is 4. The first-order valence-corrected chi connectivity index (χ1v) is 5.91. The summed E-state index contributed by atoms with van der Waals surface area (Å²) in [7, 11) is 0. The maximum Gasteiger partial charge on any atom is 0.344 e. The van der Waals surface area contributed by atoms with Gasteiger partial charge in [0.1, 0.15) is 5.60 Å². The molecule has 0 radical (unpaired) electrons. The van der Waals surface area contributed by atoms with Crippen LogP contribution in [0.4, 0.5) is 4.39 Å². The molecule has 18 heavy (non-hydrogen) atoms. The lowest BCUT2D eigenvalue weighted by atomic mass is 9.89. The highest BCUT2D eigenvalue weighted by Crippen LogP contribution is 2.29. The Bertz CT molecular complexity index is 420. The molecule has 1 aromatic carbocycles. The van der Waals surface area contributed by atoms with E-state index >= 15 is 0 Å². The third kappa shape index (κ3) is 3.07. The van der Waals surface area contributed by atoms with Gasteiger partial charge >= 0.3 is 5.97 Å². The Morgan fingerprint density at radius 1 is 1.39 bits per heavy atom. The molecule has 4 heteroatoms. The highest BCUT2D eigenvalue weighted by atomic mass is 19.1. The summed E-state index contributed by atoms with van der Waals surface area (Å²) in [6.45, 7) is 6.66. The molecule has 2 unspecified atom stereocenters. The zero-order valence-corrected chi connectivity index (χ0v) is 11.2. The topological polar surface area (TPSA) is 46.5 Å². The Morgan fingerprint density at radius 3 is 2.33 bits per heavy atom. The van der Waals surface area contributed by atoms with Gasteiger partial charge in [-0.2, -0.15) is 0 Å². The largest absolute Gasteiger partial charge is 0.464 e. The summed E-state index contributed by atoms with van der Waals surface area (Å²) in [5.41, 5.74) is 0.298. The number of benzene rings is 1. The number of ether oxygens (including phenoxy) is 1. The lowest BCUT2D eigenvalue weighted by Gasteiger charge is -2.27. The van der Waals surface area contributed by atoms with E-state index < -0.39 is 17.7 Å². The molecule has 2 atom stereocenters. The molecule has 0 fully saturated rings. The number of carbonyl (C=O) groups is 1. The van der Waals surface area contributed by atoms with Crippen LogP contribution in [0.1, 0.15) is 30.5 Å². The van der Waals surface area contributed by atoms with Crippen LogP contribution in [0.3, 0.4) is 0 Å². The van der Waals surface area contributed by atoms with E-state index in [2.05, 4.69) is 4.74 Å². The second-order valence-corrected chi connectivity index (χ2v) is 4.64. The van der Waals surface area contributed by atoms with Crippen LogP contribution in [0.15, 0.2) is 18.2 Å². The van der Waals surface area contributed by atoms with E-state index in [0.717, 1.165) is 11.1 Å². The van der Waals surface area contributed by atoms with Crippen molar-refractivity contribution >= 4 is 5.97 Å². The number of aryl methyl sites for hydroxylation is 2. The fraction of sp³-hybridized carbons (Fsp3) is 0.500. The van der Waals surface area contributed by atoms with Crippen LogP contribution >= 0.6 is 0 Å². The third-order valence-electron chi connectivity index (χ3n) is 2.79. The second-order valence-electron chi connectivity index (χ2n) is 4.64. The predicted molar refractivity (Wildman–Crippen MR) is 67.0 cm³/mol. The summed E-state index contributed by atoms with van der Waals surface area (Å²) in [6.07, 6.45) is -2.10. The van der Waals surface area contributed by atoms with Crippen LogP contribution in [-0.2, 0) is 15.1 Å². The van der Waals surface area contributed by atoms with Crippen molar-refractivity contribution in [3.05, 3.63) is 34.9 Å². The van der Waals surface area contributed by atoms with E-state index in [1.54, 1.807) is 19.1 Å². The molecule has 0 saturated heterocycles. The number of esters is 1. The van der Waals surface area contributed by atoms with Crippen molar-refractivity contribution in [2.75, 3.05) is 6.61 Å². The lowest BCUT2D eigenvalue weighted by Crippen LogP contribution is -2.40. The van der Waals surface area contributed by atoms with Gasteiger partial charge in [0.2, 0.25) is 6.17 Å². The first-order chi connectivity index (χ1) is 8.28. The van der Waals surface area contributed by atoms with E-state index in [9.17, 15) is 14.3 Å². The summed E-state index contributed by atoms with van der Waals surface area (Å²) < 4.78 is 18.6. The smallest absolute Gasteiger partial charge is 0.344 e. The number of carbonyl (C=O) groups excluding carboxylic acids is 1. The molecule has 0 aliphatic carbocycles. The van der Waals surface area contributed by atoms with E-state index in [4.69, 9.17) is 0 Å². The quantitative estimate of drug-likeness (QED) is 0.839. The highest BCUT2D eigenvalue weighted by Gasteiger charge is 2.40. The number of aliphatic hydroxyl groups is 1. The molecule has 1 rings (SSSR count). The van der Waals surface area contributed by atoms with Gasteiger partial charge in [-0.3, -0.25) is 0 Å². The molecule has 0 amide bonds. The SMILES string of the molecule is CCOC(=O)C(F)C(C)(O)c1cc(C)cc(C)c1. The van der Waals surface area contributed by atoms with Crippen LogP contribution in [-0.4, -0.2) is 23.9 Å². The molecular weight excluding hydrogens is 235 g/mol. The van der Waals surface area contributed by atoms with Gasteiger partial charge in [0, 0.05) is 0 Å². The Kier molecular flexibility index (Phi) is 4.46. The van der Waals surface area contributed by atoms with Crippen molar-refractivity contribution in [3.8, 4) is 0 Å². The van der Waals surface area contributed by atoms with Crippen molar-refractivity contribution < 1.29 is 19.0 Å². The average Bonchev–Trinajstić information content (AvgIpc) is 2.27. The summed E-state index contributed by atoms with van der Waals surface area (Å²) in [4.78, 5) is 11.4. The van der Waals surface area contributed by atoms with Crippen molar-refractivity contribution in [1.29, 1.82) is 0 Å². The minimum atomic E-state index is -2.10. The molecule has 3 nitrogen and oxygen atoms in total. The third-order valence-corrected chi connectivity index (χ3v) is 2.79. The maximum atomic E-state index is 14.0. The minimum Gasteiger partial charge on any atom is -0.464 e. The van der Waals surface area contributed by atoms with Gasteiger partial charge in [0.15, 0.2) is 0 Å². The van der Waals surface area contributed by atoms with Gasteiger partial charge in [-0.15, -0.1) is 0 Å². The monoisotopic (exact) mass is 254 g/mol. The van der Waals surface area contributed by atoms with Gasteiger partial charge in [-0.05, 0) is 33.3 Å². The highest BCUT2D eigenvalue weighted by molar-refractivity contribution is 5.76. The zero-order valence-electron chi connectivity index (χ0n) is 11.2. The number of halogens is 1. The van der Waals surface area contributed by atoms with Crippen LogP contribution < -0.4 is 0 Å². The van der Waals surface area contributed by atoms with E-state index in [1.807, 2.05) is 19.9 Å². The Morgan fingerprint density at radius 2 is 1.89 bits per heavy atom. The normalized spacial score (nSPS) is 15.9. The van der Waals surface area contributed by atoms with Crippen molar-refractivity contribution in [2.45, 2.75) is 39.5 Å². The average molecular weight is 254 g/mol. The molecular formula is C14H19FO3. The Balaban J connectivity index is 3.07. The van der Waals surface area contributed by atoms with Crippen LogP contribution in [0.25, 0.3) is 0 Å². The Labute approximate surface area is 107 Å². The van der Waals surface area contributed by atoms with E-state index in [1.165, 1.54) is 6.92 Å². The van der Waals surface area contributed by atoms with Crippen LogP contribution in [0.5, 0.6) is 0 Å². The molecule has 0 spiro atoms. The first-order valence-electron chi connectivity index (χ1n) is 5.91. The maximum absolute atomic E-state index is 14.0. The summed E-state index contributed by atoms with van der Waals surface area (Å²) in [5.74, 6) is -1.04. The Hall–Kier alpha value is -1.42. The summed E-state index contributed by atoms with van der Waals surface area (Å²) >= 11 is 0. The molecule has 0 aromatic heterocycles. The zero-order chi connectivity index (χ0) is 13.9. The molecule has 1 N–H and O–H groups in total. The molecule has 0 bridgehead atoms. The fourth-order valence-corrected chi connectivity index (χ4v) is 1.86. The molecule has 0 heterocycles. The summed E-state index contributed by atoms with van der Waals surface area (Å²) in [5, 5.41) is 10.2. The van der Waals surface area contributed by atoms with E-state index in [-0.39, 0.29) is 6.61 Å². The van der Waals surface area contributed by atoms with Crippen molar-refractivity contribution in [2.24, 2.45) is 0 Å². The lowest BCUT2D eigenvalue weighted by molar-refractivity contribution is -0.160. The minimum absolute atomic E-state index is 0.0855.